The first-order valence-corrected chi connectivity index (χ1v) is 7.75. The predicted octanol–water partition coefficient (Wildman–Crippen LogP) is 1.50. The van der Waals surface area contributed by atoms with E-state index in [0.29, 0.717) is 25.0 Å². The van der Waals surface area contributed by atoms with E-state index in [1.165, 1.54) is 6.20 Å². The lowest BCUT2D eigenvalue weighted by Gasteiger charge is -2.16. The van der Waals surface area contributed by atoms with Gasteiger partial charge < -0.3 is 15.0 Å². The van der Waals surface area contributed by atoms with E-state index >= 15 is 0 Å². The minimum Gasteiger partial charge on any atom is -0.381 e. The summed E-state index contributed by atoms with van der Waals surface area (Å²) >= 11 is 6.06. The van der Waals surface area contributed by atoms with Crippen LogP contribution in [0.4, 0.5) is 5.95 Å². The van der Waals surface area contributed by atoms with Gasteiger partial charge in [-0.1, -0.05) is 11.6 Å². The number of carbonyl (C=O) groups is 1. The van der Waals surface area contributed by atoms with E-state index in [4.69, 9.17) is 16.3 Å². The normalized spacial score (nSPS) is 21.8. The largest absolute Gasteiger partial charge is 0.381 e. The summed E-state index contributed by atoms with van der Waals surface area (Å²) in [4.78, 5) is 22.9. The standard InChI is InChI=1S/C14H19ClN4O2/c15-11-8-17-14(19-4-1-2-5-19)18-12(11)13(20)16-7-10-3-6-21-9-10/h8,10H,1-7,9H2,(H,16,20)/t10-/m0/s1. The Labute approximate surface area is 128 Å². The monoisotopic (exact) mass is 310 g/mol. The summed E-state index contributed by atoms with van der Waals surface area (Å²) in [6, 6.07) is 0. The van der Waals surface area contributed by atoms with Crippen LogP contribution < -0.4 is 10.2 Å². The fraction of sp³-hybridized carbons (Fsp3) is 0.643. The highest BCUT2D eigenvalue weighted by Crippen LogP contribution is 2.20. The molecule has 3 rings (SSSR count). The summed E-state index contributed by atoms with van der Waals surface area (Å²) in [5.41, 5.74) is 0.257. The number of hydrogen-bond acceptors (Lipinski definition) is 5. The van der Waals surface area contributed by atoms with Crippen molar-refractivity contribution in [3.8, 4) is 0 Å². The molecule has 0 aliphatic carbocycles. The minimum atomic E-state index is -0.241. The molecule has 1 N–H and O–H groups in total. The molecule has 114 valence electrons. The van der Waals surface area contributed by atoms with Crippen LogP contribution in [0.3, 0.4) is 0 Å². The number of anilines is 1. The third-order valence-corrected chi connectivity index (χ3v) is 4.19. The molecular formula is C14H19ClN4O2. The summed E-state index contributed by atoms with van der Waals surface area (Å²) in [6.07, 6.45) is 4.76. The summed E-state index contributed by atoms with van der Waals surface area (Å²) in [5, 5.41) is 3.18. The van der Waals surface area contributed by atoms with Crippen LogP contribution in [0.2, 0.25) is 5.02 Å². The molecule has 2 aliphatic rings. The zero-order valence-electron chi connectivity index (χ0n) is 11.8. The Hall–Kier alpha value is -1.40. The first kappa shape index (κ1) is 14.5. The lowest BCUT2D eigenvalue weighted by molar-refractivity contribution is 0.0940. The average Bonchev–Trinajstić information content (AvgIpc) is 3.18. The molecule has 1 amide bonds. The molecule has 21 heavy (non-hydrogen) atoms. The van der Waals surface area contributed by atoms with Crippen molar-refractivity contribution in [1.82, 2.24) is 15.3 Å². The van der Waals surface area contributed by atoms with Gasteiger partial charge in [0, 0.05) is 32.2 Å². The number of nitrogens with zero attached hydrogens (tertiary/aromatic N) is 3. The molecule has 2 aliphatic heterocycles. The summed E-state index contributed by atoms with van der Waals surface area (Å²) in [6.45, 7) is 3.94. The summed E-state index contributed by atoms with van der Waals surface area (Å²) in [7, 11) is 0. The first-order chi connectivity index (χ1) is 10.2. The van der Waals surface area contributed by atoms with Crippen LogP contribution in [-0.2, 0) is 4.74 Å². The molecule has 7 heteroatoms. The van der Waals surface area contributed by atoms with E-state index in [9.17, 15) is 4.79 Å². The molecule has 6 nitrogen and oxygen atoms in total. The van der Waals surface area contributed by atoms with E-state index in [0.717, 1.165) is 39.0 Å². The van der Waals surface area contributed by atoms with Crippen molar-refractivity contribution < 1.29 is 9.53 Å². The van der Waals surface area contributed by atoms with Crippen LogP contribution in [-0.4, -0.2) is 48.7 Å². The van der Waals surface area contributed by atoms with Gasteiger partial charge in [-0.3, -0.25) is 4.79 Å². The Balaban J connectivity index is 1.67. The molecule has 0 unspecified atom stereocenters. The van der Waals surface area contributed by atoms with Crippen molar-refractivity contribution in [1.29, 1.82) is 0 Å². The molecule has 2 fully saturated rings. The molecule has 1 aromatic heterocycles. The Morgan fingerprint density at radius 1 is 1.48 bits per heavy atom. The maximum absolute atomic E-state index is 12.2. The average molecular weight is 311 g/mol. The zero-order chi connectivity index (χ0) is 14.7. The number of aromatic nitrogens is 2. The Morgan fingerprint density at radius 2 is 2.29 bits per heavy atom. The molecule has 1 atom stereocenters. The molecular weight excluding hydrogens is 292 g/mol. The predicted molar refractivity (Wildman–Crippen MR) is 79.7 cm³/mol. The van der Waals surface area contributed by atoms with Crippen LogP contribution in [0.15, 0.2) is 6.20 Å². The van der Waals surface area contributed by atoms with E-state index in [1.54, 1.807) is 0 Å². The number of rotatable bonds is 4. The van der Waals surface area contributed by atoms with Gasteiger partial charge in [-0.15, -0.1) is 0 Å². The van der Waals surface area contributed by atoms with E-state index in [2.05, 4.69) is 20.2 Å². The number of ether oxygens (including phenoxy) is 1. The van der Waals surface area contributed by atoms with Crippen molar-refractivity contribution in [2.75, 3.05) is 37.7 Å². The minimum absolute atomic E-state index is 0.241. The SMILES string of the molecule is O=C(NC[C@@H]1CCOC1)c1nc(N2CCCC2)ncc1Cl. The second kappa shape index (κ2) is 6.58. The maximum atomic E-state index is 12.2. The zero-order valence-corrected chi connectivity index (χ0v) is 12.6. The van der Waals surface area contributed by atoms with Crippen LogP contribution in [0.25, 0.3) is 0 Å². The van der Waals surface area contributed by atoms with Gasteiger partial charge in [0.2, 0.25) is 5.95 Å². The van der Waals surface area contributed by atoms with Crippen molar-refractivity contribution >= 4 is 23.5 Å². The van der Waals surface area contributed by atoms with Crippen molar-refractivity contribution in [2.45, 2.75) is 19.3 Å². The highest BCUT2D eigenvalue weighted by atomic mass is 35.5. The van der Waals surface area contributed by atoms with Gasteiger partial charge >= 0.3 is 0 Å². The number of nitrogens with one attached hydrogen (secondary N) is 1. The first-order valence-electron chi connectivity index (χ1n) is 7.37. The highest BCUT2D eigenvalue weighted by Gasteiger charge is 2.21. The van der Waals surface area contributed by atoms with Gasteiger partial charge in [-0.2, -0.15) is 0 Å². The fourth-order valence-electron chi connectivity index (χ4n) is 2.65. The van der Waals surface area contributed by atoms with Gasteiger partial charge in [-0.05, 0) is 19.3 Å². The number of hydrogen-bond donors (Lipinski definition) is 1. The van der Waals surface area contributed by atoms with Gasteiger partial charge in [0.15, 0.2) is 5.69 Å². The maximum Gasteiger partial charge on any atom is 0.271 e. The Kier molecular flexibility index (Phi) is 4.55. The van der Waals surface area contributed by atoms with Crippen LogP contribution in [0, 0.1) is 5.92 Å². The fourth-order valence-corrected chi connectivity index (χ4v) is 2.83. The van der Waals surface area contributed by atoms with E-state index in [-0.39, 0.29) is 16.6 Å². The Morgan fingerprint density at radius 3 is 3.00 bits per heavy atom. The number of amides is 1. The van der Waals surface area contributed by atoms with Crippen molar-refractivity contribution in [3.63, 3.8) is 0 Å². The second-order valence-corrected chi connectivity index (χ2v) is 5.91. The van der Waals surface area contributed by atoms with Crippen LogP contribution in [0.1, 0.15) is 29.8 Å². The van der Waals surface area contributed by atoms with Crippen LogP contribution in [0.5, 0.6) is 0 Å². The lowest BCUT2D eigenvalue weighted by atomic mass is 10.1. The Bertz CT molecular complexity index is 514. The van der Waals surface area contributed by atoms with Gasteiger partial charge in [0.25, 0.3) is 5.91 Å². The quantitative estimate of drug-likeness (QED) is 0.913. The molecule has 0 spiro atoms. The van der Waals surface area contributed by atoms with E-state index in [1.807, 2.05) is 0 Å². The smallest absolute Gasteiger partial charge is 0.271 e. The molecule has 2 saturated heterocycles. The number of carbonyl (C=O) groups excluding carboxylic acids is 1. The van der Waals surface area contributed by atoms with Crippen LogP contribution >= 0.6 is 11.6 Å². The van der Waals surface area contributed by atoms with E-state index < -0.39 is 0 Å². The molecule has 0 radical (unpaired) electrons. The highest BCUT2D eigenvalue weighted by molar-refractivity contribution is 6.33. The summed E-state index contributed by atoms with van der Waals surface area (Å²) in [5.74, 6) is 0.730. The van der Waals surface area contributed by atoms with Gasteiger partial charge in [0.05, 0.1) is 17.8 Å². The van der Waals surface area contributed by atoms with Crippen molar-refractivity contribution in [2.24, 2.45) is 5.92 Å². The molecule has 3 heterocycles. The van der Waals surface area contributed by atoms with Gasteiger partial charge in [0.1, 0.15) is 0 Å². The topological polar surface area (TPSA) is 67.3 Å². The second-order valence-electron chi connectivity index (χ2n) is 5.50. The summed E-state index contributed by atoms with van der Waals surface area (Å²) < 4.78 is 5.30. The lowest BCUT2D eigenvalue weighted by Crippen LogP contribution is -2.31. The molecule has 1 aromatic rings. The third kappa shape index (κ3) is 3.44. The number of halogens is 1. The van der Waals surface area contributed by atoms with Crippen molar-refractivity contribution in [3.05, 3.63) is 16.9 Å². The molecule has 0 aromatic carbocycles. The van der Waals surface area contributed by atoms with Gasteiger partial charge in [-0.25, -0.2) is 9.97 Å². The third-order valence-electron chi connectivity index (χ3n) is 3.91. The molecule has 0 bridgehead atoms. The molecule has 0 saturated carbocycles.